The van der Waals surface area contributed by atoms with Crippen LogP contribution in [0.2, 0.25) is 0 Å². The standard InChI is InChI=1S/C16H21F3N4O3/c1-15(9-20,10-2-3-10)22-14(24)6-7-21-12-5-4-11(16(17,18)19)8-13(12)23(25)26/h4-5,8,10,21H,2-3,6-7,9,20H2,1H3,(H,22,24). The molecule has 1 aliphatic rings. The van der Waals surface area contributed by atoms with Crippen LogP contribution in [0, 0.1) is 16.0 Å². The number of rotatable bonds is 8. The predicted octanol–water partition coefficient (Wildman–Crippen LogP) is 2.66. The number of nitrogens with one attached hydrogen (secondary N) is 2. The van der Waals surface area contributed by atoms with Gasteiger partial charge in [-0.2, -0.15) is 13.2 Å². The Bertz CT molecular complexity index is 692. The molecule has 1 atom stereocenters. The Labute approximate surface area is 148 Å². The van der Waals surface area contributed by atoms with Crippen molar-refractivity contribution in [2.24, 2.45) is 11.7 Å². The Balaban J connectivity index is 1.96. The molecule has 0 bridgehead atoms. The molecule has 1 aliphatic carbocycles. The maximum atomic E-state index is 12.7. The molecule has 1 amide bonds. The molecule has 0 heterocycles. The number of nitrogens with two attached hydrogens (primary N) is 1. The Morgan fingerprint density at radius 2 is 2.04 bits per heavy atom. The van der Waals surface area contributed by atoms with Crippen molar-refractivity contribution in [1.82, 2.24) is 5.32 Å². The van der Waals surface area contributed by atoms with Gasteiger partial charge in [0.2, 0.25) is 5.91 Å². The highest BCUT2D eigenvalue weighted by atomic mass is 19.4. The zero-order valence-electron chi connectivity index (χ0n) is 14.2. The van der Waals surface area contributed by atoms with Crippen molar-refractivity contribution in [2.75, 3.05) is 18.4 Å². The van der Waals surface area contributed by atoms with Crippen molar-refractivity contribution in [3.63, 3.8) is 0 Å². The number of benzene rings is 1. The van der Waals surface area contributed by atoms with Crippen LogP contribution in [-0.4, -0.2) is 29.5 Å². The fraction of sp³-hybridized carbons (Fsp3) is 0.562. The number of amides is 1. The van der Waals surface area contributed by atoms with Gasteiger partial charge in [-0.15, -0.1) is 0 Å². The smallest absolute Gasteiger partial charge is 0.379 e. The molecule has 1 fully saturated rings. The summed E-state index contributed by atoms with van der Waals surface area (Å²) in [6.45, 7) is 2.22. The maximum absolute atomic E-state index is 12.7. The van der Waals surface area contributed by atoms with Crippen LogP contribution in [0.15, 0.2) is 18.2 Å². The van der Waals surface area contributed by atoms with Gasteiger partial charge >= 0.3 is 6.18 Å². The molecular weight excluding hydrogens is 353 g/mol. The van der Waals surface area contributed by atoms with E-state index in [1.165, 1.54) is 0 Å². The van der Waals surface area contributed by atoms with E-state index in [-0.39, 0.29) is 24.6 Å². The first kappa shape index (κ1) is 20.0. The molecule has 1 unspecified atom stereocenters. The summed E-state index contributed by atoms with van der Waals surface area (Å²) in [6.07, 6.45) is -2.65. The van der Waals surface area contributed by atoms with E-state index in [4.69, 9.17) is 5.73 Å². The van der Waals surface area contributed by atoms with Crippen LogP contribution in [0.3, 0.4) is 0 Å². The van der Waals surface area contributed by atoms with E-state index in [0.717, 1.165) is 25.0 Å². The predicted molar refractivity (Wildman–Crippen MR) is 89.5 cm³/mol. The SMILES string of the molecule is CC(CN)(NC(=O)CCNc1ccc(C(F)(F)F)cc1[N+](=O)[O-])C1CC1. The summed E-state index contributed by atoms with van der Waals surface area (Å²) in [6, 6.07) is 2.22. The fourth-order valence-corrected chi connectivity index (χ4v) is 2.74. The van der Waals surface area contributed by atoms with Crippen LogP contribution in [0.1, 0.15) is 31.7 Å². The number of carbonyl (C=O) groups is 1. The Kier molecular flexibility index (Phi) is 5.74. The molecule has 1 saturated carbocycles. The molecule has 1 aromatic rings. The van der Waals surface area contributed by atoms with Gasteiger partial charge < -0.3 is 16.4 Å². The summed E-state index contributed by atoms with van der Waals surface area (Å²) in [7, 11) is 0. The molecule has 0 saturated heterocycles. The summed E-state index contributed by atoms with van der Waals surface area (Å²) in [5.74, 6) is 0.0762. The molecule has 1 aromatic carbocycles. The van der Waals surface area contributed by atoms with Gasteiger partial charge in [-0.25, -0.2) is 0 Å². The van der Waals surface area contributed by atoms with Gasteiger partial charge in [0, 0.05) is 25.6 Å². The number of nitrogens with zero attached hydrogens (tertiary/aromatic N) is 1. The molecule has 4 N–H and O–H groups in total. The van der Waals surface area contributed by atoms with E-state index in [9.17, 15) is 28.1 Å². The molecule has 10 heteroatoms. The lowest BCUT2D eigenvalue weighted by atomic mass is 9.96. The van der Waals surface area contributed by atoms with Crippen LogP contribution in [0.5, 0.6) is 0 Å². The van der Waals surface area contributed by atoms with Crippen LogP contribution < -0.4 is 16.4 Å². The van der Waals surface area contributed by atoms with E-state index in [1.54, 1.807) is 0 Å². The highest BCUT2D eigenvalue weighted by Gasteiger charge is 2.41. The van der Waals surface area contributed by atoms with Crippen molar-refractivity contribution in [3.05, 3.63) is 33.9 Å². The van der Waals surface area contributed by atoms with Crippen LogP contribution in [0.25, 0.3) is 0 Å². The first-order valence-electron chi connectivity index (χ1n) is 8.17. The first-order valence-corrected chi connectivity index (χ1v) is 8.17. The van der Waals surface area contributed by atoms with Crippen molar-refractivity contribution >= 4 is 17.3 Å². The van der Waals surface area contributed by atoms with Gasteiger partial charge in [0.15, 0.2) is 0 Å². The monoisotopic (exact) mass is 374 g/mol. The highest BCUT2D eigenvalue weighted by molar-refractivity contribution is 5.77. The summed E-state index contributed by atoms with van der Waals surface area (Å²) in [4.78, 5) is 22.2. The van der Waals surface area contributed by atoms with Crippen molar-refractivity contribution in [2.45, 2.75) is 37.9 Å². The van der Waals surface area contributed by atoms with E-state index in [0.29, 0.717) is 18.5 Å². The molecular formula is C16H21F3N4O3. The van der Waals surface area contributed by atoms with Gasteiger partial charge in [-0.1, -0.05) is 0 Å². The number of hydrogen-bond donors (Lipinski definition) is 3. The van der Waals surface area contributed by atoms with E-state index in [2.05, 4.69) is 10.6 Å². The molecule has 7 nitrogen and oxygen atoms in total. The largest absolute Gasteiger partial charge is 0.416 e. The Hall–Kier alpha value is -2.36. The molecule has 26 heavy (non-hydrogen) atoms. The lowest BCUT2D eigenvalue weighted by Gasteiger charge is -2.29. The van der Waals surface area contributed by atoms with Crippen molar-refractivity contribution < 1.29 is 22.9 Å². The third kappa shape index (κ3) is 4.84. The summed E-state index contributed by atoms with van der Waals surface area (Å²) in [5.41, 5.74) is 3.39. The first-order chi connectivity index (χ1) is 12.1. The average molecular weight is 374 g/mol. The fourth-order valence-electron chi connectivity index (χ4n) is 2.74. The topological polar surface area (TPSA) is 110 Å². The van der Waals surface area contributed by atoms with Crippen LogP contribution in [0.4, 0.5) is 24.5 Å². The van der Waals surface area contributed by atoms with E-state index < -0.39 is 27.9 Å². The highest BCUT2D eigenvalue weighted by Crippen LogP contribution is 2.39. The zero-order chi connectivity index (χ0) is 19.5. The lowest BCUT2D eigenvalue weighted by molar-refractivity contribution is -0.384. The second-order valence-corrected chi connectivity index (χ2v) is 6.61. The lowest BCUT2D eigenvalue weighted by Crippen LogP contribution is -2.53. The molecule has 0 radical (unpaired) electrons. The van der Waals surface area contributed by atoms with E-state index >= 15 is 0 Å². The summed E-state index contributed by atoms with van der Waals surface area (Å²) < 4.78 is 38.0. The maximum Gasteiger partial charge on any atom is 0.416 e. The third-order valence-electron chi connectivity index (χ3n) is 4.52. The van der Waals surface area contributed by atoms with Gasteiger partial charge in [0.25, 0.3) is 5.69 Å². The summed E-state index contributed by atoms with van der Waals surface area (Å²) >= 11 is 0. The molecule has 2 rings (SSSR count). The Morgan fingerprint density at radius 3 is 2.54 bits per heavy atom. The number of nitro benzene ring substituents is 1. The normalized spacial score (nSPS) is 16.7. The Morgan fingerprint density at radius 1 is 1.38 bits per heavy atom. The number of carbonyl (C=O) groups excluding carboxylic acids is 1. The number of nitro groups is 1. The quantitative estimate of drug-likeness (QED) is 0.479. The van der Waals surface area contributed by atoms with Gasteiger partial charge in [-0.3, -0.25) is 14.9 Å². The summed E-state index contributed by atoms with van der Waals surface area (Å²) in [5, 5.41) is 16.5. The number of halogens is 3. The average Bonchev–Trinajstić information content (AvgIpc) is 3.39. The van der Waals surface area contributed by atoms with Crippen LogP contribution >= 0.6 is 0 Å². The van der Waals surface area contributed by atoms with Gasteiger partial charge in [-0.05, 0) is 37.8 Å². The minimum atomic E-state index is -4.67. The molecule has 0 spiro atoms. The molecule has 0 aromatic heterocycles. The number of hydrogen-bond acceptors (Lipinski definition) is 5. The third-order valence-corrected chi connectivity index (χ3v) is 4.52. The van der Waals surface area contributed by atoms with E-state index in [1.807, 2.05) is 6.92 Å². The molecule has 144 valence electrons. The number of alkyl halides is 3. The van der Waals surface area contributed by atoms with Crippen LogP contribution in [-0.2, 0) is 11.0 Å². The van der Waals surface area contributed by atoms with Gasteiger partial charge in [0.1, 0.15) is 5.69 Å². The molecule has 0 aliphatic heterocycles. The second-order valence-electron chi connectivity index (χ2n) is 6.61. The number of anilines is 1. The minimum Gasteiger partial charge on any atom is -0.379 e. The van der Waals surface area contributed by atoms with Crippen molar-refractivity contribution in [1.29, 1.82) is 0 Å². The zero-order valence-corrected chi connectivity index (χ0v) is 14.2. The van der Waals surface area contributed by atoms with Gasteiger partial charge in [0.05, 0.1) is 16.0 Å². The second kappa shape index (κ2) is 7.48. The van der Waals surface area contributed by atoms with Crippen molar-refractivity contribution in [3.8, 4) is 0 Å². The minimum absolute atomic E-state index is 0.0144.